The van der Waals surface area contributed by atoms with Gasteiger partial charge in [-0.2, -0.15) is 0 Å². The van der Waals surface area contributed by atoms with E-state index in [1.807, 2.05) is 31.4 Å². The number of rotatable bonds is 1. The second-order valence-corrected chi connectivity index (χ2v) is 2.63. The Bertz CT molecular complexity index is 390. The smallest absolute Gasteiger partial charge is 0.133 e. The Morgan fingerprint density at radius 2 is 2.00 bits per heavy atom. The number of pyridine rings is 1. The van der Waals surface area contributed by atoms with E-state index in [-0.39, 0.29) is 0 Å². The molecule has 0 saturated heterocycles. The second kappa shape index (κ2) is 2.81. The molecule has 1 heterocycles. The molecule has 2 rings (SSSR count). The van der Waals surface area contributed by atoms with E-state index in [1.54, 1.807) is 0 Å². The van der Waals surface area contributed by atoms with E-state index >= 15 is 0 Å². The van der Waals surface area contributed by atoms with Crippen LogP contribution >= 0.6 is 0 Å². The van der Waals surface area contributed by atoms with Gasteiger partial charge >= 0.3 is 0 Å². The minimum Gasteiger partial charge on any atom is -0.373 e. The maximum atomic E-state index is 4.21. The van der Waals surface area contributed by atoms with Gasteiger partial charge in [0.05, 0.1) is 0 Å². The third kappa shape index (κ3) is 1.01. The van der Waals surface area contributed by atoms with Crippen LogP contribution in [0.3, 0.4) is 0 Å². The molecule has 60 valence electrons. The maximum Gasteiger partial charge on any atom is 0.133 e. The molecule has 2 heteroatoms. The molecule has 0 atom stereocenters. The monoisotopic (exact) mass is 158 g/mol. The Kier molecular flexibility index (Phi) is 1.67. The lowest BCUT2D eigenvalue weighted by molar-refractivity contribution is 1.32. The number of nitrogens with one attached hydrogen (secondary N) is 1. The molecule has 12 heavy (non-hydrogen) atoms. The molecule has 0 fully saturated rings. The first-order valence-corrected chi connectivity index (χ1v) is 3.93. The molecule has 0 amide bonds. The Morgan fingerprint density at radius 3 is 2.83 bits per heavy atom. The van der Waals surface area contributed by atoms with Gasteiger partial charge in [-0.25, -0.2) is 4.98 Å². The van der Waals surface area contributed by atoms with Crippen LogP contribution in [0.15, 0.2) is 36.5 Å². The Hall–Kier alpha value is -1.57. The van der Waals surface area contributed by atoms with Crippen LogP contribution in [0.4, 0.5) is 5.82 Å². The van der Waals surface area contributed by atoms with E-state index in [2.05, 4.69) is 22.4 Å². The quantitative estimate of drug-likeness (QED) is 0.688. The van der Waals surface area contributed by atoms with Gasteiger partial charge in [-0.15, -0.1) is 0 Å². The zero-order chi connectivity index (χ0) is 8.39. The second-order valence-electron chi connectivity index (χ2n) is 2.63. The predicted molar refractivity (Wildman–Crippen MR) is 51.3 cm³/mol. The van der Waals surface area contributed by atoms with E-state index in [1.165, 1.54) is 10.8 Å². The van der Waals surface area contributed by atoms with Crippen molar-refractivity contribution in [3.63, 3.8) is 0 Å². The average Bonchev–Trinajstić information content (AvgIpc) is 2.17. The highest BCUT2D eigenvalue weighted by Gasteiger charge is 1.96. The summed E-state index contributed by atoms with van der Waals surface area (Å²) in [7, 11) is 1.88. The highest BCUT2D eigenvalue weighted by atomic mass is 14.9. The molecule has 2 aromatic rings. The molecule has 1 aromatic heterocycles. The number of aromatic nitrogens is 1. The van der Waals surface area contributed by atoms with Crippen molar-refractivity contribution in [3.05, 3.63) is 36.5 Å². The summed E-state index contributed by atoms with van der Waals surface area (Å²) in [6.45, 7) is 0. The fourth-order valence-electron chi connectivity index (χ4n) is 1.32. The topological polar surface area (TPSA) is 24.9 Å². The van der Waals surface area contributed by atoms with Crippen molar-refractivity contribution in [2.75, 3.05) is 12.4 Å². The van der Waals surface area contributed by atoms with Crippen molar-refractivity contribution >= 4 is 16.6 Å². The lowest BCUT2D eigenvalue weighted by atomic mass is 10.2. The van der Waals surface area contributed by atoms with Gasteiger partial charge < -0.3 is 5.32 Å². The number of hydrogen-bond donors (Lipinski definition) is 1. The molecule has 1 N–H and O–H groups in total. The van der Waals surface area contributed by atoms with Crippen LogP contribution in [-0.2, 0) is 0 Å². The first kappa shape index (κ1) is 7.10. The molecule has 0 aliphatic rings. The first-order chi connectivity index (χ1) is 5.92. The van der Waals surface area contributed by atoms with Crippen LogP contribution in [-0.4, -0.2) is 12.0 Å². The van der Waals surface area contributed by atoms with E-state index in [0.29, 0.717) is 0 Å². The summed E-state index contributed by atoms with van der Waals surface area (Å²) in [6.07, 6.45) is 1.81. The molecule has 0 radical (unpaired) electrons. The van der Waals surface area contributed by atoms with Crippen molar-refractivity contribution in [1.29, 1.82) is 0 Å². The van der Waals surface area contributed by atoms with Crippen molar-refractivity contribution in [1.82, 2.24) is 4.98 Å². The molecular weight excluding hydrogens is 148 g/mol. The number of nitrogens with zero attached hydrogens (tertiary/aromatic N) is 1. The molecule has 0 bridgehead atoms. The van der Waals surface area contributed by atoms with Crippen LogP contribution in [0.2, 0.25) is 0 Å². The van der Waals surface area contributed by atoms with Crippen LogP contribution in [0, 0.1) is 0 Å². The highest BCUT2D eigenvalue weighted by molar-refractivity contribution is 5.91. The molecule has 0 saturated carbocycles. The number of benzene rings is 1. The van der Waals surface area contributed by atoms with E-state index in [0.717, 1.165) is 5.82 Å². The van der Waals surface area contributed by atoms with Gasteiger partial charge in [0.1, 0.15) is 5.82 Å². The third-order valence-corrected chi connectivity index (χ3v) is 1.91. The van der Waals surface area contributed by atoms with Gasteiger partial charge in [-0.1, -0.05) is 24.3 Å². The first-order valence-electron chi connectivity index (χ1n) is 3.93. The summed E-state index contributed by atoms with van der Waals surface area (Å²) in [5.74, 6) is 0.938. The zero-order valence-electron chi connectivity index (χ0n) is 6.91. The molecule has 0 spiro atoms. The minimum atomic E-state index is 0.938. The van der Waals surface area contributed by atoms with Gasteiger partial charge in [0.25, 0.3) is 0 Å². The van der Waals surface area contributed by atoms with Crippen molar-refractivity contribution < 1.29 is 0 Å². The lowest BCUT2D eigenvalue weighted by Crippen LogP contribution is -1.91. The van der Waals surface area contributed by atoms with Gasteiger partial charge in [-0.3, -0.25) is 0 Å². The minimum absolute atomic E-state index is 0.938. The number of anilines is 1. The molecule has 0 aliphatic heterocycles. The lowest BCUT2D eigenvalue weighted by Gasteiger charge is -2.02. The molecule has 0 aliphatic carbocycles. The Labute approximate surface area is 71.2 Å². The van der Waals surface area contributed by atoms with Crippen molar-refractivity contribution in [2.24, 2.45) is 0 Å². The van der Waals surface area contributed by atoms with Crippen LogP contribution in [0.25, 0.3) is 10.8 Å². The van der Waals surface area contributed by atoms with E-state index in [9.17, 15) is 0 Å². The fraction of sp³-hybridized carbons (Fsp3) is 0.100. The molecular formula is C10H10N2. The summed E-state index contributed by atoms with van der Waals surface area (Å²) in [5, 5.41) is 5.45. The van der Waals surface area contributed by atoms with Crippen LogP contribution in [0.5, 0.6) is 0 Å². The maximum absolute atomic E-state index is 4.21. The molecule has 0 unspecified atom stereocenters. The van der Waals surface area contributed by atoms with E-state index in [4.69, 9.17) is 0 Å². The summed E-state index contributed by atoms with van der Waals surface area (Å²) < 4.78 is 0. The Morgan fingerprint density at radius 1 is 1.17 bits per heavy atom. The highest BCUT2D eigenvalue weighted by Crippen LogP contribution is 2.19. The summed E-state index contributed by atoms with van der Waals surface area (Å²) in [6, 6.07) is 10.2. The van der Waals surface area contributed by atoms with Crippen molar-refractivity contribution in [3.8, 4) is 0 Å². The van der Waals surface area contributed by atoms with E-state index < -0.39 is 0 Å². The largest absolute Gasteiger partial charge is 0.373 e. The summed E-state index contributed by atoms with van der Waals surface area (Å²) >= 11 is 0. The zero-order valence-corrected chi connectivity index (χ0v) is 6.91. The summed E-state index contributed by atoms with van der Waals surface area (Å²) in [5.41, 5.74) is 0. The predicted octanol–water partition coefficient (Wildman–Crippen LogP) is 2.28. The number of hydrogen-bond acceptors (Lipinski definition) is 2. The Balaban J connectivity index is 2.79. The molecule has 1 aromatic carbocycles. The van der Waals surface area contributed by atoms with Gasteiger partial charge in [0, 0.05) is 18.6 Å². The van der Waals surface area contributed by atoms with Crippen LogP contribution < -0.4 is 5.32 Å². The standard InChI is InChI=1S/C10H10N2/c1-11-10-9-5-3-2-4-8(9)6-7-12-10/h2-7H,1H3,(H,11,12). The van der Waals surface area contributed by atoms with Gasteiger partial charge in [0.2, 0.25) is 0 Å². The van der Waals surface area contributed by atoms with Crippen molar-refractivity contribution in [2.45, 2.75) is 0 Å². The molecule has 2 nitrogen and oxygen atoms in total. The fourth-order valence-corrected chi connectivity index (χ4v) is 1.32. The SMILES string of the molecule is CNc1nccc2ccccc12. The normalized spacial score (nSPS) is 10.1. The number of fused-ring (bicyclic) bond motifs is 1. The third-order valence-electron chi connectivity index (χ3n) is 1.91. The van der Waals surface area contributed by atoms with Crippen LogP contribution in [0.1, 0.15) is 0 Å². The van der Waals surface area contributed by atoms with Gasteiger partial charge in [-0.05, 0) is 11.5 Å². The average molecular weight is 158 g/mol. The van der Waals surface area contributed by atoms with Gasteiger partial charge in [0.15, 0.2) is 0 Å². The summed E-state index contributed by atoms with van der Waals surface area (Å²) in [4.78, 5) is 4.21.